The van der Waals surface area contributed by atoms with E-state index in [1.165, 1.54) is 11.1 Å². The van der Waals surface area contributed by atoms with Crippen LogP contribution in [0.1, 0.15) is 24.0 Å². The quantitative estimate of drug-likeness (QED) is 0.379. The zero-order chi connectivity index (χ0) is 27.9. The van der Waals surface area contributed by atoms with Crippen molar-refractivity contribution in [1.29, 1.82) is 0 Å². The third-order valence-corrected chi connectivity index (χ3v) is 6.06. The maximum Gasteiger partial charge on any atom is 0.328 e. The normalized spacial score (nSPS) is 18.6. The van der Waals surface area contributed by atoms with Crippen molar-refractivity contribution >= 4 is 23.8 Å². The van der Waals surface area contributed by atoms with Gasteiger partial charge in [-0.05, 0) is 36.1 Å². The molecule has 2 amide bonds. The molecule has 0 spiro atoms. The lowest BCUT2D eigenvalue weighted by atomic mass is 10.1. The van der Waals surface area contributed by atoms with Gasteiger partial charge in [0.25, 0.3) is 0 Å². The number of aliphatic carboxylic acids is 2. The van der Waals surface area contributed by atoms with Gasteiger partial charge in [-0.1, -0.05) is 60.7 Å². The summed E-state index contributed by atoms with van der Waals surface area (Å²) in [5, 5.41) is 15.6. The van der Waals surface area contributed by atoms with E-state index in [0.717, 1.165) is 26.2 Å². The number of nitrogens with two attached hydrogens (primary N) is 2. The van der Waals surface area contributed by atoms with Gasteiger partial charge in [0.05, 0.1) is 0 Å². The first-order chi connectivity index (χ1) is 18.2. The van der Waals surface area contributed by atoms with E-state index in [1.807, 2.05) is 70.5 Å². The molecule has 2 aliphatic rings. The molecule has 0 aliphatic carbocycles. The van der Waals surface area contributed by atoms with Crippen LogP contribution in [-0.2, 0) is 32.3 Å². The molecular weight excluding hydrogens is 488 g/mol. The molecule has 2 aliphatic heterocycles. The third kappa shape index (κ3) is 10.9. The summed E-state index contributed by atoms with van der Waals surface area (Å²) in [6.07, 6.45) is 2.34. The summed E-state index contributed by atoms with van der Waals surface area (Å²) >= 11 is 0. The number of nitrogens with zero attached hydrogens (tertiary/aromatic N) is 2. The van der Waals surface area contributed by atoms with E-state index in [9.17, 15) is 19.2 Å². The number of hydrogen-bond acceptors (Lipinski definition) is 6. The maximum absolute atomic E-state index is 11.6. The van der Waals surface area contributed by atoms with Crippen molar-refractivity contribution in [3.8, 4) is 0 Å². The third-order valence-electron chi connectivity index (χ3n) is 6.06. The molecule has 38 heavy (non-hydrogen) atoms. The van der Waals surface area contributed by atoms with Gasteiger partial charge in [-0.25, -0.2) is 9.59 Å². The standard InChI is InChI=1S/2C12H16N2O.C4H4O4/c2*13-7-11-6-12(15)14(9-11)8-10-4-2-1-3-5-10;5-3(6)1-2-4(7)8/h2*1-5,11H,6-9,13H2;1-2H,(H,5,6)(H,7,8)/b;;2-1+. The van der Waals surface area contributed by atoms with Gasteiger partial charge in [0, 0.05) is 51.2 Å². The Balaban J connectivity index is 0.000000211. The van der Waals surface area contributed by atoms with Gasteiger partial charge in [-0.15, -0.1) is 0 Å². The van der Waals surface area contributed by atoms with Crippen molar-refractivity contribution < 1.29 is 29.4 Å². The van der Waals surface area contributed by atoms with E-state index >= 15 is 0 Å². The van der Waals surface area contributed by atoms with E-state index in [2.05, 4.69) is 0 Å². The van der Waals surface area contributed by atoms with E-state index in [-0.39, 0.29) is 11.8 Å². The van der Waals surface area contributed by atoms with Gasteiger partial charge >= 0.3 is 11.9 Å². The molecule has 2 fully saturated rings. The molecule has 0 aromatic heterocycles. The van der Waals surface area contributed by atoms with Gasteiger partial charge in [0.15, 0.2) is 0 Å². The summed E-state index contributed by atoms with van der Waals surface area (Å²) in [7, 11) is 0. The summed E-state index contributed by atoms with van der Waals surface area (Å²) < 4.78 is 0. The summed E-state index contributed by atoms with van der Waals surface area (Å²) in [4.78, 5) is 46.1. The minimum Gasteiger partial charge on any atom is -0.478 e. The molecule has 2 heterocycles. The average molecular weight is 525 g/mol. The van der Waals surface area contributed by atoms with Crippen LogP contribution in [0, 0.1) is 11.8 Å². The molecule has 2 aromatic carbocycles. The predicted octanol–water partition coefficient (Wildman–Crippen LogP) is 1.70. The molecule has 0 radical (unpaired) electrons. The monoisotopic (exact) mass is 524 g/mol. The highest BCUT2D eigenvalue weighted by molar-refractivity contribution is 5.89. The minimum atomic E-state index is -1.26. The Kier molecular flexibility index (Phi) is 12.7. The molecule has 2 saturated heterocycles. The van der Waals surface area contributed by atoms with E-state index in [4.69, 9.17) is 21.7 Å². The smallest absolute Gasteiger partial charge is 0.328 e. The Labute approximate surface area is 222 Å². The van der Waals surface area contributed by atoms with Crippen LogP contribution in [-0.4, -0.2) is 69.9 Å². The lowest BCUT2D eigenvalue weighted by Crippen LogP contribution is -2.25. The number of benzene rings is 2. The van der Waals surface area contributed by atoms with Crippen molar-refractivity contribution in [3.63, 3.8) is 0 Å². The van der Waals surface area contributed by atoms with Crippen LogP contribution >= 0.6 is 0 Å². The molecule has 4 rings (SSSR count). The first kappa shape index (κ1) is 30.2. The largest absolute Gasteiger partial charge is 0.478 e. The predicted molar refractivity (Wildman–Crippen MR) is 142 cm³/mol. The van der Waals surface area contributed by atoms with Crippen LogP contribution in [0.15, 0.2) is 72.8 Å². The summed E-state index contributed by atoms with van der Waals surface area (Å²) in [6, 6.07) is 20.1. The number of carbonyl (C=O) groups is 4. The molecule has 2 unspecified atom stereocenters. The highest BCUT2D eigenvalue weighted by Crippen LogP contribution is 2.19. The summed E-state index contributed by atoms with van der Waals surface area (Å²) in [5.74, 6) is -1.36. The topological polar surface area (TPSA) is 167 Å². The number of amides is 2. The molecule has 0 saturated carbocycles. The van der Waals surface area contributed by atoms with E-state index in [1.54, 1.807) is 0 Å². The van der Waals surface area contributed by atoms with Crippen molar-refractivity contribution in [2.24, 2.45) is 23.3 Å². The molecular formula is C28H36N4O6. The Hall–Kier alpha value is -4.02. The summed E-state index contributed by atoms with van der Waals surface area (Å²) in [6.45, 7) is 4.27. The molecule has 2 aromatic rings. The van der Waals surface area contributed by atoms with Crippen molar-refractivity contribution in [2.45, 2.75) is 25.9 Å². The van der Waals surface area contributed by atoms with Crippen LogP contribution in [0.3, 0.4) is 0 Å². The highest BCUT2D eigenvalue weighted by Gasteiger charge is 2.29. The van der Waals surface area contributed by atoms with Crippen LogP contribution in [0.2, 0.25) is 0 Å². The number of carbonyl (C=O) groups excluding carboxylic acids is 2. The Morgan fingerprint density at radius 2 is 1.05 bits per heavy atom. The van der Waals surface area contributed by atoms with Gasteiger partial charge in [-0.3, -0.25) is 9.59 Å². The Bertz CT molecular complexity index is 992. The van der Waals surface area contributed by atoms with Crippen molar-refractivity contribution in [1.82, 2.24) is 9.80 Å². The molecule has 2 atom stereocenters. The number of hydrogen-bond donors (Lipinski definition) is 4. The molecule has 10 heteroatoms. The number of carboxylic acid groups (broad SMARTS) is 2. The first-order valence-electron chi connectivity index (χ1n) is 12.4. The van der Waals surface area contributed by atoms with Crippen LogP contribution < -0.4 is 11.5 Å². The Morgan fingerprint density at radius 3 is 1.32 bits per heavy atom. The second-order valence-corrected chi connectivity index (χ2v) is 9.14. The zero-order valence-electron chi connectivity index (χ0n) is 21.3. The van der Waals surface area contributed by atoms with Gasteiger partial charge < -0.3 is 31.5 Å². The van der Waals surface area contributed by atoms with Crippen LogP contribution in [0.5, 0.6) is 0 Å². The van der Waals surface area contributed by atoms with E-state index in [0.29, 0.717) is 49.9 Å². The molecule has 10 nitrogen and oxygen atoms in total. The summed E-state index contributed by atoms with van der Waals surface area (Å²) in [5.41, 5.74) is 13.5. The lowest BCUT2D eigenvalue weighted by molar-refractivity contribution is -0.134. The molecule has 6 N–H and O–H groups in total. The lowest BCUT2D eigenvalue weighted by Gasteiger charge is -2.16. The fourth-order valence-electron chi connectivity index (χ4n) is 4.08. The fourth-order valence-corrected chi connectivity index (χ4v) is 4.08. The second kappa shape index (κ2) is 16.0. The molecule has 204 valence electrons. The zero-order valence-corrected chi connectivity index (χ0v) is 21.3. The average Bonchev–Trinajstić information content (AvgIpc) is 3.45. The minimum absolute atomic E-state index is 0.231. The van der Waals surface area contributed by atoms with Crippen LogP contribution in [0.25, 0.3) is 0 Å². The van der Waals surface area contributed by atoms with E-state index < -0.39 is 11.9 Å². The fraction of sp³-hybridized carbons (Fsp3) is 0.357. The molecule has 0 bridgehead atoms. The Morgan fingerprint density at radius 1 is 0.711 bits per heavy atom. The number of rotatable bonds is 8. The van der Waals surface area contributed by atoms with Crippen molar-refractivity contribution in [2.75, 3.05) is 26.2 Å². The van der Waals surface area contributed by atoms with Crippen LogP contribution in [0.4, 0.5) is 0 Å². The highest BCUT2D eigenvalue weighted by atomic mass is 16.4. The van der Waals surface area contributed by atoms with Gasteiger partial charge in [-0.2, -0.15) is 0 Å². The van der Waals surface area contributed by atoms with Gasteiger partial charge in [0.1, 0.15) is 0 Å². The SMILES string of the molecule is NCC1CC(=O)N(Cc2ccccc2)C1.NCC1CC(=O)N(Cc2ccccc2)C1.O=C(O)/C=C/C(=O)O. The van der Waals surface area contributed by atoms with Crippen molar-refractivity contribution in [3.05, 3.63) is 83.9 Å². The first-order valence-corrected chi connectivity index (χ1v) is 12.4. The maximum atomic E-state index is 11.6. The number of likely N-dealkylation sites (tertiary alicyclic amines) is 2. The second-order valence-electron chi connectivity index (χ2n) is 9.14. The number of carboxylic acids is 2. The van der Waals surface area contributed by atoms with Gasteiger partial charge in [0.2, 0.25) is 11.8 Å².